The van der Waals surface area contributed by atoms with Crippen LogP contribution in [0.5, 0.6) is 5.75 Å². The molecule has 1 aromatic carbocycles. The van der Waals surface area contributed by atoms with E-state index in [1.165, 1.54) is 11.0 Å². The smallest absolute Gasteiger partial charge is 0.408 e. The summed E-state index contributed by atoms with van der Waals surface area (Å²) in [7, 11) is 0. The largest absolute Gasteiger partial charge is 0.508 e. The summed E-state index contributed by atoms with van der Waals surface area (Å²) < 4.78 is 5.35. The third-order valence-electron chi connectivity index (χ3n) is 4.86. The van der Waals surface area contributed by atoms with Crippen LogP contribution in [0, 0.1) is 5.92 Å². The summed E-state index contributed by atoms with van der Waals surface area (Å²) >= 11 is 0. The lowest BCUT2D eigenvalue weighted by Crippen LogP contribution is -2.55. The second-order valence-corrected chi connectivity index (χ2v) is 9.88. The zero-order valence-corrected chi connectivity index (χ0v) is 21.3. The topological polar surface area (TPSA) is 108 Å². The van der Waals surface area contributed by atoms with Gasteiger partial charge in [-0.3, -0.25) is 9.59 Å². The number of benzene rings is 1. The SMILES string of the molecule is CCCCN(C(=O)C(NC(=O)OC(C)(C)C)C(C)C)C(C(=O)NC(C)C)c1ccccc1O. The molecular formula is C25H41N3O5. The third-order valence-corrected chi connectivity index (χ3v) is 4.86. The molecule has 1 rings (SSSR count). The van der Waals surface area contributed by atoms with E-state index in [0.717, 1.165) is 6.42 Å². The number of rotatable bonds is 10. The predicted molar refractivity (Wildman–Crippen MR) is 129 cm³/mol. The van der Waals surface area contributed by atoms with Crippen LogP contribution in [0.2, 0.25) is 0 Å². The molecule has 0 spiro atoms. The van der Waals surface area contributed by atoms with Crippen LogP contribution in [0.3, 0.4) is 0 Å². The fourth-order valence-electron chi connectivity index (χ4n) is 3.35. The van der Waals surface area contributed by atoms with Gasteiger partial charge in [0.25, 0.3) is 0 Å². The summed E-state index contributed by atoms with van der Waals surface area (Å²) in [6, 6.07) is 4.40. The molecule has 0 heterocycles. The Kier molecular flexibility index (Phi) is 10.7. The number of nitrogens with one attached hydrogen (secondary N) is 2. The molecule has 1 aromatic rings. The van der Waals surface area contributed by atoms with Gasteiger partial charge >= 0.3 is 6.09 Å². The Hall–Kier alpha value is -2.77. The maximum atomic E-state index is 13.8. The summed E-state index contributed by atoms with van der Waals surface area (Å²) in [5.41, 5.74) is -0.383. The highest BCUT2D eigenvalue weighted by atomic mass is 16.6. The maximum Gasteiger partial charge on any atom is 0.408 e. The lowest BCUT2D eigenvalue weighted by atomic mass is 9.97. The number of hydrogen-bond acceptors (Lipinski definition) is 5. The monoisotopic (exact) mass is 463 g/mol. The molecule has 0 saturated heterocycles. The van der Waals surface area contributed by atoms with E-state index in [-0.39, 0.29) is 17.7 Å². The molecule has 33 heavy (non-hydrogen) atoms. The van der Waals surface area contributed by atoms with E-state index in [1.54, 1.807) is 39.0 Å². The van der Waals surface area contributed by atoms with Crippen molar-refractivity contribution in [2.45, 2.75) is 92.0 Å². The fraction of sp³-hybridized carbons (Fsp3) is 0.640. The molecule has 0 aliphatic carbocycles. The minimum absolute atomic E-state index is 0.0723. The number of phenols is 1. The van der Waals surface area contributed by atoms with Crippen LogP contribution in [0.4, 0.5) is 4.79 Å². The van der Waals surface area contributed by atoms with Crippen LogP contribution >= 0.6 is 0 Å². The van der Waals surface area contributed by atoms with Crippen molar-refractivity contribution in [1.82, 2.24) is 15.5 Å². The standard InChI is InChI=1S/C25H41N3O5/c1-9-10-15-28(23(31)20(16(2)3)27-24(32)33-25(6,7)8)21(22(30)26-17(4)5)18-13-11-12-14-19(18)29/h11-14,16-17,20-21,29H,9-10,15H2,1-8H3,(H,26,30)(H,27,32). The van der Waals surface area contributed by atoms with Crippen LogP contribution in [0.25, 0.3) is 0 Å². The van der Waals surface area contributed by atoms with Gasteiger partial charge in [0.1, 0.15) is 23.4 Å². The number of carbonyl (C=O) groups is 3. The van der Waals surface area contributed by atoms with Crippen LogP contribution in [-0.2, 0) is 14.3 Å². The number of para-hydroxylation sites is 1. The Morgan fingerprint density at radius 2 is 1.67 bits per heavy atom. The molecule has 2 atom stereocenters. The molecular weight excluding hydrogens is 422 g/mol. The number of nitrogens with zero attached hydrogens (tertiary/aromatic N) is 1. The summed E-state index contributed by atoms with van der Waals surface area (Å²) in [6.45, 7) is 14.8. The molecule has 8 nitrogen and oxygen atoms in total. The average molecular weight is 464 g/mol. The summed E-state index contributed by atoms with van der Waals surface area (Å²) in [5, 5.41) is 16.1. The molecule has 3 N–H and O–H groups in total. The van der Waals surface area contributed by atoms with Crippen molar-refractivity contribution in [3.63, 3.8) is 0 Å². The Morgan fingerprint density at radius 1 is 1.06 bits per heavy atom. The van der Waals surface area contributed by atoms with Crippen LogP contribution < -0.4 is 10.6 Å². The number of alkyl carbamates (subject to hydrolysis) is 1. The van der Waals surface area contributed by atoms with Gasteiger partial charge in [-0.25, -0.2) is 4.79 Å². The van der Waals surface area contributed by atoms with Gasteiger partial charge in [0, 0.05) is 18.2 Å². The summed E-state index contributed by atoms with van der Waals surface area (Å²) in [6.07, 6.45) is 0.757. The van der Waals surface area contributed by atoms with E-state index in [2.05, 4.69) is 10.6 Å². The zero-order chi connectivity index (χ0) is 25.3. The number of ether oxygens (including phenoxy) is 1. The van der Waals surface area contributed by atoms with Gasteiger partial charge in [-0.05, 0) is 53.0 Å². The van der Waals surface area contributed by atoms with Crippen LogP contribution in [0.15, 0.2) is 24.3 Å². The van der Waals surface area contributed by atoms with Gasteiger partial charge < -0.3 is 25.4 Å². The predicted octanol–water partition coefficient (Wildman–Crippen LogP) is 4.14. The lowest BCUT2D eigenvalue weighted by molar-refractivity contribution is -0.143. The molecule has 0 aliphatic heterocycles. The van der Waals surface area contributed by atoms with Crippen molar-refractivity contribution < 1.29 is 24.2 Å². The number of aromatic hydroxyl groups is 1. The van der Waals surface area contributed by atoms with Crippen molar-refractivity contribution in [2.24, 2.45) is 5.92 Å². The van der Waals surface area contributed by atoms with Gasteiger partial charge in [0.2, 0.25) is 11.8 Å². The number of amides is 3. The van der Waals surface area contributed by atoms with E-state index >= 15 is 0 Å². The number of hydrogen-bond donors (Lipinski definition) is 3. The zero-order valence-electron chi connectivity index (χ0n) is 21.3. The minimum atomic E-state index is -1.05. The van der Waals surface area contributed by atoms with Crippen molar-refractivity contribution in [2.75, 3.05) is 6.54 Å². The van der Waals surface area contributed by atoms with Gasteiger partial charge in [0.05, 0.1) is 0 Å². The minimum Gasteiger partial charge on any atom is -0.508 e. The molecule has 0 bridgehead atoms. The van der Waals surface area contributed by atoms with Gasteiger partial charge in [-0.15, -0.1) is 0 Å². The van der Waals surface area contributed by atoms with Crippen LogP contribution in [0.1, 0.15) is 79.8 Å². The second-order valence-electron chi connectivity index (χ2n) is 9.88. The highest BCUT2D eigenvalue weighted by Crippen LogP contribution is 2.30. The first kappa shape index (κ1) is 28.3. The van der Waals surface area contributed by atoms with Crippen molar-refractivity contribution >= 4 is 17.9 Å². The number of unbranched alkanes of at least 4 members (excludes halogenated alkanes) is 1. The molecule has 3 amide bonds. The summed E-state index contributed by atoms with van der Waals surface area (Å²) in [5.74, 6) is -1.13. The number of carbonyl (C=O) groups excluding carboxylic acids is 3. The molecule has 0 aliphatic rings. The average Bonchev–Trinajstić information content (AvgIpc) is 2.67. The quantitative estimate of drug-likeness (QED) is 0.483. The fourth-order valence-corrected chi connectivity index (χ4v) is 3.35. The Morgan fingerprint density at radius 3 is 2.15 bits per heavy atom. The van der Waals surface area contributed by atoms with Crippen molar-refractivity contribution in [3.05, 3.63) is 29.8 Å². The molecule has 0 fully saturated rings. The first-order valence-electron chi connectivity index (χ1n) is 11.7. The summed E-state index contributed by atoms with van der Waals surface area (Å²) in [4.78, 5) is 41.0. The van der Waals surface area contributed by atoms with Crippen molar-refractivity contribution in [1.29, 1.82) is 0 Å². The molecule has 2 unspecified atom stereocenters. The molecule has 8 heteroatoms. The Balaban J connectivity index is 3.44. The number of phenolic OH excluding ortho intramolecular Hbond substituents is 1. The van der Waals surface area contributed by atoms with E-state index < -0.39 is 35.6 Å². The van der Waals surface area contributed by atoms with Crippen molar-refractivity contribution in [3.8, 4) is 5.75 Å². The highest BCUT2D eigenvalue weighted by molar-refractivity contribution is 5.92. The van der Waals surface area contributed by atoms with E-state index in [9.17, 15) is 19.5 Å². The normalized spacial score (nSPS) is 13.4. The Labute approximate surface area is 198 Å². The van der Waals surface area contributed by atoms with E-state index in [0.29, 0.717) is 18.5 Å². The second kappa shape index (κ2) is 12.5. The van der Waals surface area contributed by atoms with Gasteiger partial charge in [-0.1, -0.05) is 45.4 Å². The first-order chi connectivity index (χ1) is 15.3. The van der Waals surface area contributed by atoms with E-state index in [1.807, 2.05) is 34.6 Å². The first-order valence-corrected chi connectivity index (χ1v) is 11.7. The van der Waals surface area contributed by atoms with E-state index in [4.69, 9.17) is 4.74 Å². The molecule has 0 aromatic heterocycles. The van der Waals surface area contributed by atoms with Crippen LogP contribution in [-0.4, -0.2) is 52.1 Å². The van der Waals surface area contributed by atoms with Gasteiger partial charge in [0.15, 0.2) is 0 Å². The molecule has 186 valence electrons. The lowest BCUT2D eigenvalue weighted by Gasteiger charge is -2.36. The van der Waals surface area contributed by atoms with Gasteiger partial charge in [-0.2, -0.15) is 0 Å². The third kappa shape index (κ3) is 8.94. The Bertz CT molecular complexity index is 801. The molecule has 0 saturated carbocycles. The maximum absolute atomic E-state index is 13.8. The molecule has 0 radical (unpaired) electrons. The highest BCUT2D eigenvalue weighted by Gasteiger charge is 2.38.